The van der Waals surface area contributed by atoms with E-state index in [2.05, 4.69) is 5.32 Å². The minimum Gasteiger partial charge on any atom is -0.478 e. The molecule has 0 aromatic rings. The van der Waals surface area contributed by atoms with E-state index in [-0.39, 0.29) is 5.91 Å². The molecule has 0 spiro atoms. The number of aliphatic carboxylic acids is 1. The van der Waals surface area contributed by atoms with Crippen molar-refractivity contribution in [3.8, 4) is 0 Å². The average Bonchev–Trinajstić information content (AvgIpc) is 2.18. The minimum atomic E-state index is -1.19. The van der Waals surface area contributed by atoms with Gasteiger partial charge in [-0.2, -0.15) is 0 Å². The summed E-state index contributed by atoms with van der Waals surface area (Å²) in [5.41, 5.74) is -0.946. The fourth-order valence-electron chi connectivity index (χ4n) is 1.52. The first-order chi connectivity index (χ1) is 7.35. The zero-order valence-corrected chi connectivity index (χ0v) is 9.19. The molecule has 1 heterocycles. The van der Waals surface area contributed by atoms with Crippen LogP contribution in [0.25, 0.3) is 0 Å². The smallest absolute Gasteiger partial charge is 0.328 e. The fourth-order valence-corrected chi connectivity index (χ4v) is 1.52. The van der Waals surface area contributed by atoms with Crippen molar-refractivity contribution < 1.29 is 19.5 Å². The summed E-state index contributed by atoms with van der Waals surface area (Å²) in [6.07, 6.45) is 1.73. The van der Waals surface area contributed by atoms with Gasteiger partial charge in [0.1, 0.15) is 5.54 Å². The molecule has 16 heavy (non-hydrogen) atoms. The van der Waals surface area contributed by atoms with Gasteiger partial charge in [0.2, 0.25) is 11.8 Å². The van der Waals surface area contributed by atoms with E-state index in [4.69, 9.17) is 5.11 Å². The number of nitrogens with zero attached hydrogens (tertiary/aromatic N) is 1. The molecule has 1 aliphatic rings. The van der Waals surface area contributed by atoms with E-state index in [9.17, 15) is 14.4 Å². The quantitative estimate of drug-likeness (QED) is 0.613. The van der Waals surface area contributed by atoms with Crippen LogP contribution in [-0.2, 0) is 14.4 Å². The Bertz CT molecular complexity index is 360. The zero-order chi connectivity index (χ0) is 12.3. The van der Waals surface area contributed by atoms with Crippen LogP contribution in [0.4, 0.5) is 0 Å². The largest absolute Gasteiger partial charge is 0.478 e. The number of carboxylic acid groups (broad SMARTS) is 1. The van der Waals surface area contributed by atoms with E-state index in [1.54, 1.807) is 13.8 Å². The molecule has 2 amide bonds. The van der Waals surface area contributed by atoms with Crippen LogP contribution < -0.4 is 5.32 Å². The Kier molecular flexibility index (Phi) is 3.31. The van der Waals surface area contributed by atoms with Crippen LogP contribution in [0.2, 0.25) is 0 Å². The summed E-state index contributed by atoms with van der Waals surface area (Å²) in [5.74, 6) is -1.90. The summed E-state index contributed by atoms with van der Waals surface area (Å²) < 4.78 is 0. The summed E-state index contributed by atoms with van der Waals surface area (Å²) in [6.45, 7) is 4.00. The highest BCUT2D eigenvalue weighted by atomic mass is 16.4. The molecule has 1 aliphatic heterocycles. The monoisotopic (exact) mass is 226 g/mol. The van der Waals surface area contributed by atoms with Gasteiger partial charge in [-0.15, -0.1) is 0 Å². The Morgan fingerprint density at radius 2 is 2.06 bits per heavy atom. The topological polar surface area (TPSA) is 86.7 Å². The van der Waals surface area contributed by atoms with Crippen molar-refractivity contribution >= 4 is 17.8 Å². The first kappa shape index (κ1) is 12.2. The second-order valence-electron chi connectivity index (χ2n) is 3.98. The van der Waals surface area contributed by atoms with Gasteiger partial charge in [0, 0.05) is 25.2 Å². The summed E-state index contributed by atoms with van der Waals surface area (Å²) in [7, 11) is 0. The van der Waals surface area contributed by atoms with E-state index < -0.39 is 17.4 Å². The normalized spacial score (nSPS) is 19.6. The number of hydrogen-bond acceptors (Lipinski definition) is 3. The minimum absolute atomic E-state index is 0.240. The summed E-state index contributed by atoms with van der Waals surface area (Å²) in [4.78, 5) is 34.8. The lowest BCUT2D eigenvalue weighted by atomic mass is 9.99. The lowest BCUT2D eigenvalue weighted by Crippen LogP contribution is -2.63. The van der Waals surface area contributed by atoms with E-state index in [0.717, 1.165) is 12.2 Å². The summed E-state index contributed by atoms with van der Waals surface area (Å²) in [6, 6.07) is 0. The lowest BCUT2D eigenvalue weighted by molar-refractivity contribution is -0.146. The maximum atomic E-state index is 11.7. The Hall–Kier alpha value is -1.85. The highest BCUT2D eigenvalue weighted by Gasteiger charge is 2.39. The molecule has 0 aliphatic carbocycles. The molecule has 0 aromatic heterocycles. The number of piperazine rings is 1. The van der Waals surface area contributed by atoms with Crippen molar-refractivity contribution in [3.05, 3.63) is 12.2 Å². The highest BCUT2D eigenvalue weighted by molar-refractivity contribution is 5.98. The molecule has 0 saturated carbocycles. The van der Waals surface area contributed by atoms with Gasteiger partial charge in [0.25, 0.3) is 0 Å². The van der Waals surface area contributed by atoms with E-state index in [1.807, 2.05) is 0 Å². The van der Waals surface area contributed by atoms with E-state index >= 15 is 0 Å². The molecule has 1 rings (SSSR count). The van der Waals surface area contributed by atoms with Crippen LogP contribution >= 0.6 is 0 Å². The van der Waals surface area contributed by atoms with Crippen LogP contribution in [0.5, 0.6) is 0 Å². The first-order valence-electron chi connectivity index (χ1n) is 4.86. The van der Waals surface area contributed by atoms with Crippen molar-refractivity contribution in [1.29, 1.82) is 0 Å². The van der Waals surface area contributed by atoms with Crippen molar-refractivity contribution in [1.82, 2.24) is 10.2 Å². The SMILES string of the molecule is CC1(C)C(=O)NCCN1C(=O)C=CC(=O)O. The number of nitrogens with one attached hydrogen (secondary N) is 1. The average molecular weight is 226 g/mol. The number of amides is 2. The van der Waals surface area contributed by atoms with Gasteiger partial charge in [-0.3, -0.25) is 9.59 Å². The molecule has 0 bridgehead atoms. The second-order valence-corrected chi connectivity index (χ2v) is 3.98. The Morgan fingerprint density at radius 3 is 2.62 bits per heavy atom. The number of carbonyl (C=O) groups is 3. The molecular formula is C10H14N2O4. The van der Waals surface area contributed by atoms with Gasteiger partial charge in [-0.25, -0.2) is 4.79 Å². The standard InChI is InChI=1S/C10H14N2O4/c1-10(2)9(16)11-5-6-12(10)7(13)3-4-8(14)15/h3-4H,5-6H2,1-2H3,(H,11,16)(H,14,15). The predicted octanol–water partition coefficient (Wildman–Crippen LogP) is -0.636. The van der Waals surface area contributed by atoms with Gasteiger partial charge in [0.05, 0.1) is 0 Å². The van der Waals surface area contributed by atoms with Crippen LogP contribution in [0.3, 0.4) is 0 Å². The first-order valence-corrected chi connectivity index (χ1v) is 4.86. The molecule has 1 fully saturated rings. The third kappa shape index (κ3) is 2.39. The van der Waals surface area contributed by atoms with Crippen LogP contribution in [-0.4, -0.2) is 46.4 Å². The molecule has 0 aromatic carbocycles. The number of hydrogen-bond donors (Lipinski definition) is 2. The van der Waals surface area contributed by atoms with Crippen LogP contribution in [0, 0.1) is 0 Å². The molecule has 0 unspecified atom stereocenters. The van der Waals surface area contributed by atoms with Crippen LogP contribution in [0.15, 0.2) is 12.2 Å². The van der Waals surface area contributed by atoms with Gasteiger partial charge in [-0.05, 0) is 13.8 Å². The molecule has 2 N–H and O–H groups in total. The third-order valence-corrected chi connectivity index (χ3v) is 2.49. The highest BCUT2D eigenvalue weighted by Crippen LogP contribution is 2.17. The van der Waals surface area contributed by atoms with Crippen molar-refractivity contribution in [2.45, 2.75) is 19.4 Å². The van der Waals surface area contributed by atoms with Gasteiger partial charge < -0.3 is 15.3 Å². The fraction of sp³-hybridized carbons (Fsp3) is 0.500. The van der Waals surface area contributed by atoms with Crippen LogP contribution in [0.1, 0.15) is 13.8 Å². The Balaban J connectivity index is 2.82. The molecule has 6 nitrogen and oxygen atoms in total. The summed E-state index contributed by atoms with van der Waals surface area (Å²) in [5, 5.41) is 11.1. The maximum Gasteiger partial charge on any atom is 0.328 e. The molecule has 0 radical (unpaired) electrons. The van der Waals surface area contributed by atoms with Gasteiger partial charge in [-0.1, -0.05) is 0 Å². The Morgan fingerprint density at radius 1 is 1.44 bits per heavy atom. The van der Waals surface area contributed by atoms with Crippen molar-refractivity contribution in [2.24, 2.45) is 0 Å². The summed E-state index contributed by atoms with van der Waals surface area (Å²) >= 11 is 0. The third-order valence-electron chi connectivity index (χ3n) is 2.49. The second kappa shape index (κ2) is 4.34. The lowest BCUT2D eigenvalue weighted by Gasteiger charge is -2.40. The van der Waals surface area contributed by atoms with Gasteiger partial charge >= 0.3 is 5.97 Å². The number of carbonyl (C=O) groups excluding carboxylic acids is 2. The van der Waals surface area contributed by atoms with E-state index in [0.29, 0.717) is 13.1 Å². The maximum absolute atomic E-state index is 11.7. The number of rotatable bonds is 2. The predicted molar refractivity (Wildman–Crippen MR) is 55.6 cm³/mol. The number of carboxylic acids is 1. The Labute approximate surface area is 92.9 Å². The molecule has 1 saturated heterocycles. The van der Waals surface area contributed by atoms with Crippen molar-refractivity contribution in [3.63, 3.8) is 0 Å². The van der Waals surface area contributed by atoms with E-state index in [1.165, 1.54) is 4.90 Å². The molecular weight excluding hydrogens is 212 g/mol. The molecule has 6 heteroatoms. The molecule has 88 valence electrons. The van der Waals surface area contributed by atoms with Gasteiger partial charge in [0.15, 0.2) is 0 Å². The zero-order valence-electron chi connectivity index (χ0n) is 9.19. The van der Waals surface area contributed by atoms with Crippen molar-refractivity contribution in [2.75, 3.05) is 13.1 Å². The molecule has 0 atom stereocenters.